The van der Waals surface area contributed by atoms with Crippen LogP contribution in [-0.2, 0) is 13.5 Å². The van der Waals surface area contributed by atoms with Crippen molar-refractivity contribution in [3.05, 3.63) is 52.2 Å². The van der Waals surface area contributed by atoms with Gasteiger partial charge in [0.1, 0.15) is 13.2 Å². The first-order valence-corrected chi connectivity index (χ1v) is 10.1. The second kappa shape index (κ2) is 7.67. The minimum absolute atomic E-state index is 0.0482. The zero-order valence-corrected chi connectivity index (χ0v) is 17.1. The Morgan fingerprint density at radius 1 is 1.18 bits per heavy atom. The van der Waals surface area contributed by atoms with Crippen molar-refractivity contribution in [2.75, 3.05) is 19.8 Å². The van der Waals surface area contributed by atoms with E-state index >= 15 is 0 Å². The van der Waals surface area contributed by atoms with E-state index < -0.39 is 0 Å². The fourth-order valence-electron chi connectivity index (χ4n) is 3.38. The molecule has 1 aliphatic heterocycles. The van der Waals surface area contributed by atoms with Gasteiger partial charge in [-0.25, -0.2) is 0 Å². The van der Waals surface area contributed by atoms with Gasteiger partial charge in [-0.15, -0.1) is 11.3 Å². The highest BCUT2D eigenvalue weighted by atomic mass is 32.1. The Morgan fingerprint density at radius 2 is 1.96 bits per heavy atom. The molecule has 0 bridgehead atoms. The molecule has 1 amide bonds. The van der Waals surface area contributed by atoms with Gasteiger partial charge in [0.2, 0.25) is 0 Å². The van der Waals surface area contributed by atoms with Crippen LogP contribution < -0.4 is 14.8 Å². The van der Waals surface area contributed by atoms with Crippen molar-refractivity contribution in [3.63, 3.8) is 0 Å². The van der Waals surface area contributed by atoms with Crippen molar-refractivity contribution in [2.45, 2.75) is 20.3 Å². The second-order valence-corrected chi connectivity index (χ2v) is 7.88. The molecule has 0 spiro atoms. The monoisotopic (exact) mass is 397 g/mol. The number of aryl methyl sites for hydroxylation is 2. The van der Waals surface area contributed by atoms with Gasteiger partial charge in [0.05, 0.1) is 10.6 Å². The number of thiophene rings is 1. The minimum Gasteiger partial charge on any atom is -0.486 e. The van der Waals surface area contributed by atoms with Crippen LogP contribution in [0.3, 0.4) is 0 Å². The molecule has 0 unspecified atom stereocenters. The minimum atomic E-state index is -0.0482. The molecule has 28 heavy (non-hydrogen) atoms. The van der Waals surface area contributed by atoms with E-state index in [-0.39, 0.29) is 5.91 Å². The number of nitrogens with one attached hydrogen (secondary N) is 1. The molecular weight excluding hydrogens is 374 g/mol. The van der Waals surface area contributed by atoms with Crippen LogP contribution in [-0.4, -0.2) is 35.4 Å². The maximum absolute atomic E-state index is 12.5. The summed E-state index contributed by atoms with van der Waals surface area (Å²) < 4.78 is 13.1. The van der Waals surface area contributed by atoms with Crippen molar-refractivity contribution < 1.29 is 14.3 Å². The van der Waals surface area contributed by atoms with Gasteiger partial charge in [0, 0.05) is 24.2 Å². The average Bonchev–Trinajstić information content (AvgIpc) is 3.28. The predicted molar refractivity (Wildman–Crippen MR) is 109 cm³/mol. The Morgan fingerprint density at radius 3 is 2.71 bits per heavy atom. The summed E-state index contributed by atoms with van der Waals surface area (Å²) in [6, 6.07) is 9.72. The molecule has 4 rings (SSSR count). The summed E-state index contributed by atoms with van der Waals surface area (Å²) in [4.78, 5) is 14.2. The maximum Gasteiger partial charge on any atom is 0.261 e. The lowest BCUT2D eigenvalue weighted by Gasteiger charge is -2.18. The van der Waals surface area contributed by atoms with Crippen molar-refractivity contribution in [2.24, 2.45) is 7.05 Å². The van der Waals surface area contributed by atoms with Crippen molar-refractivity contribution in [1.82, 2.24) is 15.1 Å². The molecule has 6 nitrogen and oxygen atoms in total. The van der Waals surface area contributed by atoms with Gasteiger partial charge in [0.25, 0.3) is 5.91 Å². The Balaban J connectivity index is 1.40. The lowest BCUT2D eigenvalue weighted by molar-refractivity contribution is 0.0958. The number of hydrogen-bond acceptors (Lipinski definition) is 5. The SMILES string of the molecule is Cc1nn(C)c(C)c1CCNC(=O)c1ccc(-c2ccc3c(c2)OCCO3)s1. The fraction of sp³-hybridized carbons (Fsp3) is 0.333. The van der Waals surface area contributed by atoms with Gasteiger partial charge in [0.15, 0.2) is 11.5 Å². The third kappa shape index (κ3) is 3.62. The zero-order chi connectivity index (χ0) is 19.7. The van der Waals surface area contributed by atoms with E-state index in [0.29, 0.717) is 24.6 Å². The Bertz CT molecular complexity index is 1020. The van der Waals surface area contributed by atoms with Crippen LogP contribution in [0.1, 0.15) is 26.6 Å². The molecule has 1 N–H and O–H groups in total. The van der Waals surface area contributed by atoms with Gasteiger partial charge in [-0.2, -0.15) is 5.10 Å². The van der Waals surface area contributed by atoms with Gasteiger partial charge in [-0.3, -0.25) is 9.48 Å². The first-order chi connectivity index (χ1) is 13.5. The first-order valence-electron chi connectivity index (χ1n) is 9.30. The van der Waals surface area contributed by atoms with Crippen molar-refractivity contribution in [1.29, 1.82) is 0 Å². The average molecular weight is 398 g/mol. The molecule has 3 aromatic rings. The third-order valence-electron chi connectivity index (χ3n) is 4.98. The third-order valence-corrected chi connectivity index (χ3v) is 6.11. The summed E-state index contributed by atoms with van der Waals surface area (Å²) in [5, 5.41) is 7.44. The lowest BCUT2D eigenvalue weighted by atomic mass is 10.1. The quantitative estimate of drug-likeness (QED) is 0.716. The number of nitrogens with zero attached hydrogens (tertiary/aromatic N) is 2. The van der Waals surface area contributed by atoms with Gasteiger partial charge >= 0.3 is 0 Å². The lowest BCUT2D eigenvalue weighted by Crippen LogP contribution is -2.25. The highest BCUT2D eigenvalue weighted by molar-refractivity contribution is 7.17. The standard InChI is InChI=1S/C21H23N3O3S/c1-13-16(14(2)24(3)23-13)8-9-22-21(25)20-7-6-19(28-20)15-4-5-17-18(12-15)27-11-10-26-17/h4-7,12H,8-11H2,1-3H3,(H,22,25). The highest BCUT2D eigenvalue weighted by Gasteiger charge is 2.15. The van der Waals surface area contributed by atoms with Gasteiger partial charge in [-0.05, 0) is 61.7 Å². The molecular formula is C21H23N3O3S. The van der Waals surface area contributed by atoms with Crippen LogP contribution in [0.25, 0.3) is 10.4 Å². The molecule has 3 heterocycles. The van der Waals surface area contributed by atoms with Crippen LogP contribution in [0.4, 0.5) is 0 Å². The number of rotatable bonds is 5. The van der Waals surface area contributed by atoms with E-state index in [1.54, 1.807) is 0 Å². The number of hydrogen-bond donors (Lipinski definition) is 1. The summed E-state index contributed by atoms with van der Waals surface area (Å²) in [7, 11) is 1.94. The largest absolute Gasteiger partial charge is 0.486 e. The number of ether oxygens (including phenoxy) is 2. The molecule has 0 saturated carbocycles. The molecule has 146 valence electrons. The van der Waals surface area contributed by atoms with Crippen LogP contribution in [0.15, 0.2) is 30.3 Å². The number of carbonyl (C=O) groups is 1. The molecule has 0 fully saturated rings. The Kier molecular flexibility index (Phi) is 5.09. The van der Waals surface area contributed by atoms with Crippen LogP contribution >= 0.6 is 11.3 Å². The summed E-state index contributed by atoms with van der Waals surface area (Å²) in [6.45, 7) is 5.78. The summed E-state index contributed by atoms with van der Waals surface area (Å²) in [5.41, 5.74) is 4.39. The van der Waals surface area contributed by atoms with Crippen LogP contribution in [0.5, 0.6) is 11.5 Å². The molecule has 0 atom stereocenters. The van der Waals surface area contributed by atoms with E-state index in [0.717, 1.165) is 39.7 Å². The number of fused-ring (bicyclic) bond motifs is 1. The zero-order valence-electron chi connectivity index (χ0n) is 16.2. The molecule has 7 heteroatoms. The van der Waals surface area contributed by atoms with E-state index in [1.165, 1.54) is 16.9 Å². The molecule has 0 aliphatic carbocycles. The Hall–Kier alpha value is -2.80. The topological polar surface area (TPSA) is 65.4 Å². The molecule has 2 aromatic heterocycles. The second-order valence-electron chi connectivity index (χ2n) is 6.80. The molecule has 0 radical (unpaired) electrons. The molecule has 1 aliphatic rings. The summed E-state index contributed by atoms with van der Waals surface area (Å²) in [5.74, 6) is 1.48. The van der Waals surface area contributed by atoms with E-state index in [2.05, 4.69) is 17.3 Å². The summed E-state index contributed by atoms with van der Waals surface area (Å²) >= 11 is 1.48. The highest BCUT2D eigenvalue weighted by Crippen LogP contribution is 2.36. The Labute approximate surface area is 168 Å². The van der Waals surface area contributed by atoms with Crippen LogP contribution in [0, 0.1) is 13.8 Å². The fourth-order valence-corrected chi connectivity index (χ4v) is 4.30. The maximum atomic E-state index is 12.5. The first kappa shape index (κ1) is 18.6. The molecule has 1 aromatic carbocycles. The van der Waals surface area contributed by atoms with Crippen molar-refractivity contribution >= 4 is 17.2 Å². The van der Waals surface area contributed by atoms with E-state index in [4.69, 9.17) is 9.47 Å². The number of carbonyl (C=O) groups excluding carboxylic acids is 1. The number of aromatic nitrogens is 2. The molecule has 0 saturated heterocycles. The van der Waals surface area contributed by atoms with E-state index in [9.17, 15) is 4.79 Å². The number of amides is 1. The van der Waals surface area contributed by atoms with Crippen molar-refractivity contribution in [3.8, 4) is 21.9 Å². The normalized spacial score (nSPS) is 12.8. The summed E-state index contributed by atoms with van der Waals surface area (Å²) in [6.07, 6.45) is 0.775. The van der Waals surface area contributed by atoms with Gasteiger partial charge < -0.3 is 14.8 Å². The predicted octanol–water partition coefficient (Wildman–Crippen LogP) is 3.51. The number of benzene rings is 1. The smallest absolute Gasteiger partial charge is 0.261 e. The van der Waals surface area contributed by atoms with Gasteiger partial charge in [-0.1, -0.05) is 0 Å². The van der Waals surface area contributed by atoms with Crippen LogP contribution in [0.2, 0.25) is 0 Å². The van der Waals surface area contributed by atoms with E-state index in [1.807, 2.05) is 49.0 Å².